The largest absolute Gasteiger partial charge is 0.496 e. The number of hydrogen-bond donors (Lipinski definition) is 1. The third-order valence-corrected chi connectivity index (χ3v) is 4.10. The lowest BCUT2D eigenvalue weighted by atomic mass is 10.2. The van der Waals surface area contributed by atoms with E-state index in [0.717, 1.165) is 5.56 Å². The van der Waals surface area contributed by atoms with Crippen LogP contribution in [0.25, 0.3) is 12.2 Å². The number of H-pyrrole nitrogens is 1. The van der Waals surface area contributed by atoms with Crippen molar-refractivity contribution in [3.8, 4) is 5.75 Å². The summed E-state index contributed by atoms with van der Waals surface area (Å²) in [5, 5.41) is 0. The summed E-state index contributed by atoms with van der Waals surface area (Å²) in [5.41, 5.74) is 0.547. The highest BCUT2D eigenvalue weighted by atomic mass is 32.1. The molecule has 6 heteroatoms. The number of rotatable bonds is 4. The average Bonchev–Trinajstić information content (AvgIpc) is 3.19. The first-order valence-corrected chi connectivity index (χ1v) is 7.62. The van der Waals surface area contributed by atoms with Crippen LogP contribution < -0.4 is 19.5 Å². The number of Topliss-reactive ketones (excluding diaryl/α,β-unsaturated/α-hetero) is 1. The van der Waals surface area contributed by atoms with Crippen molar-refractivity contribution in [2.24, 2.45) is 0 Å². The highest BCUT2D eigenvalue weighted by molar-refractivity contribution is 7.07. The molecule has 23 heavy (non-hydrogen) atoms. The number of para-hydroxylation sites is 1. The van der Waals surface area contributed by atoms with Crippen molar-refractivity contribution in [2.45, 2.75) is 0 Å². The second-order valence-electron chi connectivity index (χ2n) is 4.66. The van der Waals surface area contributed by atoms with E-state index in [0.29, 0.717) is 14.9 Å². The highest BCUT2D eigenvalue weighted by Crippen LogP contribution is 2.17. The van der Waals surface area contributed by atoms with Gasteiger partial charge in [-0.2, -0.15) is 0 Å². The third-order valence-electron chi connectivity index (χ3n) is 3.13. The normalized spacial score (nSPS) is 12.6. The topological polar surface area (TPSA) is 72.3 Å². The molecule has 0 atom stereocenters. The van der Waals surface area contributed by atoms with Gasteiger partial charge in [0, 0.05) is 11.6 Å². The van der Waals surface area contributed by atoms with E-state index >= 15 is 0 Å². The lowest BCUT2D eigenvalue weighted by Crippen LogP contribution is -2.20. The zero-order valence-electron chi connectivity index (χ0n) is 12.2. The van der Waals surface area contributed by atoms with E-state index < -0.39 is 0 Å². The van der Waals surface area contributed by atoms with Crippen molar-refractivity contribution in [2.75, 3.05) is 7.11 Å². The summed E-state index contributed by atoms with van der Waals surface area (Å²) in [7, 11) is 1.58. The summed E-state index contributed by atoms with van der Waals surface area (Å²) >= 11 is 1.20. The Morgan fingerprint density at radius 3 is 2.83 bits per heavy atom. The lowest BCUT2D eigenvalue weighted by Gasteiger charge is -2.02. The van der Waals surface area contributed by atoms with Gasteiger partial charge in [0.15, 0.2) is 5.76 Å². The van der Waals surface area contributed by atoms with Crippen molar-refractivity contribution in [1.82, 2.24) is 4.98 Å². The van der Waals surface area contributed by atoms with Crippen LogP contribution in [0.15, 0.2) is 51.9 Å². The Labute approximate surface area is 135 Å². The SMILES string of the molecule is COc1ccccc1/C=c1\s/c(=C\C(=O)c2ccco2)[nH]c1=O. The van der Waals surface area contributed by atoms with Gasteiger partial charge in [-0.25, -0.2) is 0 Å². The first-order valence-electron chi connectivity index (χ1n) is 6.81. The Hall–Kier alpha value is -2.86. The minimum absolute atomic E-state index is 0.231. The van der Waals surface area contributed by atoms with Crippen LogP contribution in [-0.2, 0) is 0 Å². The van der Waals surface area contributed by atoms with Gasteiger partial charge in [-0.05, 0) is 24.3 Å². The van der Waals surface area contributed by atoms with E-state index in [4.69, 9.17) is 9.15 Å². The molecular weight excluding hydrogens is 314 g/mol. The molecule has 3 aromatic rings. The van der Waals surface area contributed by atoms with Gasteiger partial charge < -0.3 is 14.1 Å². The summed E-state index contributed by atoms with van der Waals surface area (Å²) in [5.74, 6) is 0.614. The van der Waals surface area contributed by atoms with Crippen molar-refractivity contribution in [3.63, 3.8) is 0 Å². The van der Waals surface area contributed by atoms with E-state index in [1.807, 2.05) is 24.3 Å². The van der Waals surface area contributed by atoms with E-state index in [9.17, 15) is 9.59 Å². The molecule has 0 spiro atoms. The van der Waals surface area contributed by atoms with Crippen molar-refractivity contribution >= 4 is 29.3 Å². The molecule has 0 aliphatic heterocycles. The molecule has 2 heterocycles. The molecule has 0 saturated carbocycles. The summed E-state index contributed by atoms with van der Waals surface area (Å²) in [6.07, 6.45) is 4.51. The Kier molecular flexibility index (Phi) is 4.25. The molecule has 116 valence electrons. The molecule has 0 amide bonds. The Balaban J connectivity index is 2.03. The summed E-state index contributed by atoms with van der Waals surface area (Å²) < 4.78 is 11.3. The zero-order valence-corrected chi connectivity index (χ0v) is 13.1. The molecule has 0 bridgehead atoms. The fourth-order valence-electron chi connectivity index (χ4n) is 2.06. The van der Waals surface area contributed by atoms with E-state index in [-0.39, 0.29) is 17.1 Å². The fraction of sp³-hybridized carbons (Fsp3) is 0.0588. The van der Waals surface area contributed by atoms with Crippen LogP contribution in [0.1, 0.15) is 16.1 Å². The van der Waals surface area contributed by atoms with Crippen LogP contribution in [0.3, 0.4) is 0 Å². The fourth-order valence-corrected chi connectivity index (χ4v) is 2.94. The number of hydrogen-bond acceptors (Lipinski definition) is 5. The van der Waals surface area contributed by atoms with Crippen molar-refractivity contribution in [3.05, 3.63) is 73.5 Å². The summed E-state index contributed by atoms with van der Waals surface area (Å²) in [6.45, 7) is 0. The molecule has 1 aromatic carbocycles. The third kappa shape index (κ3) is 3.32. The quantitative estimate of drug-likeness (QED) is 0.738. The number of carbonyl (C=O) groups excluding carboxylic acids is 1. The first kappa shape index (κ1) is 15.1. The van der Waals surface area contributed by atoms with Crippen LogP contribution in [0, 0.1) is 0 Å². The Morgan fingerprint density at radius 1 is 1.26 bits per heavy atom. The molecule has 0 fully saturated rings. The molecular formula is C17H13NO4S. The average molecular weight is 327 g/mol. The van der Waals surface area contributed by atoms with Crippen LogP contribution in [0.2, 0.25) is 0 Å². The monoisotopic (exact) mass is 327 g/mol. The molecule has 0 unspecified atom stereocenters. The molecule has 0 aliphatic carbocycles. The van der Waals surface area contributed by atoms with E-state index in [1.165, 1.54) is 23.7 Å². The Bertz CT molecular complexity index is 996. The molecule has 5 nitrogen and oxygen atoms in total. The van der Waals surface area contributed by atoms with Crippen LogP contribution in [0.5, 0.6) is 5.75 Å². The maximum absolute atomic E-state index is 12.0. The number of thiazole rings is 1. The van der Waals surface area contributed by atoms with Gasteiger partial charge in [0.2, 0.25) is 5.78 Å². The van der Waals surface area contributed by atoms with Crippen LogP contribution in [-0.4, -0.2) is 17.9 Å². The maximum atomic E-state index is 12.0. The number of benzene rings is 1. The first-order chi connectivity index (χ1) is 11.2. The minimum Gasteiger partial charge on any atom is -0.496 e. The van der Waals surface area contributed by atoms with E-state index in [2.05, 4.69) is 4.98 Å². The molecule has 2 aromatic heterocycles. The number of nitrogens with one attached hydrogen (secondary N) is 1. The lowest BCUT2D eigenvalue weighted by molar-refractivity contribution is 0.103. The number of ketones is 1. The van der Waals surface area contributed by atoms with Crippen molar-refractivity contribution < 1.29 is 13.9 Å². The summed E-state index contributed by atoms with van der Waals surface area (Å²) in [6, 6.07) is 10.6. The number of aromatic nitrogens is 1. The minimum atomic E-state index is -0.295. The highest BCUT2D eigenvalue weighted by Gasteiger charge is 2.06. The smallest absolute Gasteiger partial charge is 0.266 e. The Morgan fingerprint density at radius 2 is 2.09 bits per heavy atom. The number of carbonyl (C=O) groups is 1. The number of aromatic amines is 1. The molecule has 0 aliphatic rings. The maximum Gasteiger partial charge on any atom is 0.266 e. The van der Waals surface area contributed by atoms with Crippen molar-refractivity contribution in [1.29, 1.82) is 0 Å². The molecule has 0 saturated heterocycles. The second-order valence-corrected chi connectivity index (χ2v) is 5.74. The van der Waals surface area contributed by atoms with Gasteiger partial charge in [-0.15, -0.1) is 11.3 Å². The van der Waals surface area contributed by atoms with Gasteiger partial charge in [0.25, 0.3) is 5.56 Å². The van der Waals surface area contributed by atoms with Gasteiger partial charge >= 0.3 is 0 Å². The predicted molar refractivity (Wildman–Crippen MR) is 88.3 cm³/mol. The summed E-state index contributed by atoms with van der Waals surface area (Å²) in [4.78, 5) is 26.7. The number of ether oxygens (including phenoxy) is 1. The predicted octanol–water partition coefficient (Wildman–Crippen LogP) is 1.53. The van der Waals surface area contributed by atoms with Gasteiger partial charge in [-0.3, -0.25) is 9.59 Å². The molecule has 1 N–H and O–H groups in total. The van der Waals surface area contributed by atoms with Gasteiger partial charge in [0.1, 0.15) is 5.75 Å². The standard InChI is InChI=1S/C17H13NO4S/c1-21-13-6-3-2-5-11(13)9-15-17(20)18-16(23-15)10-12(19)14-7-4-8-22-14/h2-10H,1H3,(H,18,20)/b15-9-,16-10-. The molecule has 0 radical (unpaired) electrons. The van der Waals surface area contributed by atoms with Gasteiger partial charge in [0.05, 0.1) is 22.6 Å². The second kappa shape index (κ2) is 6.50. The zero-order chi connectivity index (χ0) is 16.2. The van der Waals surface area contributed by atoms with Gasteiger partial charge in [-0.1, -0.05) is 18.2 Å². The number of furan rings is 1. The molecule has 3 rings (SSSR count). The van der Waals surface area contributed by atoms with E-state index in [1.54, 1.807) is 25.3 Å². The number of methoxy groups -OCH3 is 1. The van der Waals surface area contributed by atoms with Crippen LogP contribution in [0.4, 0.5) is 0 Å². The van der Waals surface area contributed by atoms with Crippen LogP contribution >= 0.6 is 11.3 Å².